The van der Waals surface area contributed by atoms with E-state index in [1.807, 2.05) is 30.5 Å². The van der Waals surface area contributed by atoms with E-state index >= 15 is 0 Å². The van der Waals surface area contributed by atoms with Gasteiger partial charge in [-0.25, -0.2) is 0 Å². The molecule has 7 nitrogen and oxygen atoms in total. The molecule has 2 aliphatic rings. The number of carbonyl (C=O) groups is 1. The van der Waals surface area contributed by atoms with Crippen molar-refractivity contribution in [2.24, 2.45) is 0 Å². The fourth-order valence-electron chi connectivity index (χ4n) is 5.04. The van der Waals surface area contributed by atoms with Gasteiger partial charge in [-0.05, 0) is 50.5 Å². The van der Waals surface area contributed by atoms with Crippen LogP contribution in [0.4, 0.5) is 0 Å². The van der Waals surface area contributed by atoms with E-state index in [4.69, 9.17) is 9.15 Å². The lowest BCUT2D eigenvalue weighted by Crippen LogP contribution is -2.36. The minimum absolute atomic E-state index is 0.0138. The molecule has 1 aliphatic heterocycles. The van der Waals surface area contributed by atoms with Gasteiger partial charge in [0.2, 0.25) is 5.91 Å². The predicted molar refractivity (Wildman–Crippen MR) is 126 cm³/mol. The number of nitrogens with one attached hydrogen (secondary N) is 1. The molecule has 0 spiro atoms. The van der Waals surface area contributed by atoms with E-state index in [2.05, 4.69) is 28.3 Å². The lowest BCUT2D eigenvalue weighted by molar-refractivity contribution is -0.121. The molecule has 3 heterocycles. The van der Waals surface area contributed by atoms with Crippen molar-refractivity contribution >= 4 is 5.91 Å². The maximum atomic E-state index is 12.7. The Hall–Kier alpha value is -3.06. The van der Waals surface area contributed by atoms with Crippen LogP contribution in [0.3, 0.4) is 0 Å². The summed E-state index contributed by atoms with van der Waals surface area (Å²) in [7, 11) is 0. The Morgan fingerprint density at radius 2 is 2.15 bits per heavy atom. The van der Waals surface area contributed by atoms with Crippen molar-refractivity contribution < 1.29 is 13.9 Å². The first-order valence-electron chi connectivity index (χ1n) is 12.0. The molecular formula is C26H32N4O3. The lowest BCUT2D eigenvalue weighted by atomic mass is 10.0. The summed E-state index contributed by atoms with van der Waals surface area (Å²) in [5, 5.41) is 7.56. The quantitative estimate of drug-likeness (QED) is 0.494. The van der Waals surface area contributed by atoms with E-state index in [1.165, 1.54) is 25.7 Å². The fraction of sp³-hybridized carbons (Fsp3) is 0.462. The molecule has 0 unspecified atom stereocenters. The number of benzene rings is 1. The molecule has 0 bridgehead atoms. The molecule has 1 saturated carbocycles. The van der Waals surface area contributed by atoms with E-state index in [0.29, 0.717) is 19.2 Å². The molecular weight excluding hydrogens is 416 g/mol. The van der Waals surface area contributed by atoms with Crippen LogP contribution >= 0.6 is 0 Å². The van der Waals surface area contributed by atoms with Crippen LogP contribution in [0.15, 0.2) is 47.2 Å². The van der Waals surface area contributed by atoms with Gasteiger partial charge in [-0.1, -0.05) is 24.5 Å². The summed E-state index contributed by atoms with van der Waals surface area (Å²) in [5.74, 6) is 1.84. The Kier molecular flexibility index (Phi) is 6.48. The number of carbonyl (C=O) groups excluding carboxylic acids is 1. The second kappa shape index (κ2) is 9.83. The number of hydrogen-bond acceptors (Lipinski definition) is 5. The van der Waals surface area contributed by atoms with E-state index in [1.54, 1.807) is 10.9 Å². The summed E-state index contributed by atoms with van der Waals surface area (Å²) < 4.78 is 13.2. The standard InChI is InChI=1S/C26H32N4O3/c1-19-9-10-24-23(14-19)26-20(18-33-24)15-28-30(26)17-25(31)27-11-5-12-29(21-6-2-3-7-21)16-22-8-4-13-32-22/h4,8-10,13-15,21H,2-3,5-7,11-12,16-18H2,1H3,(H,27,31). The van der Waals surface area contributed by atoms with Gasteiger partial charge in [0.1, 0.15) is 24.7 Å². The van der Waals surface area contributed by atoms with Crippen LogP contribution in [0.5, 0.6) is 5.75 Å². The summed E-state index contributed by atoms with van der Waals surface area (Å²) in [6, 6.07) is 10.7. The second-order valence-corrected chi connectivity index (χ2v) is 9.16. The van der Waals surface area contributed by atoms with E-state index in [9.17, 15) is 4.79 Å². The van der Waals surface area contributed by atoms with Crippen molar-refractivity contribution in [3.63, 3.8) is 0 Å². The zero-order valence-electron chi connectivity index (χ0n) is 19.3. The highest BCUT2D eigenvalue weighted by molar-refractivity contribution is 5.78. The predicted octanol–water partition coefficient (Wildman–Crippen LogP) is 4.30. The van der Waals surface area contributed by atoms with Gasteiger partial charge in [-0.3, -0.25) is 14.4 Å². The van der Waals surface area contributed by atoms with Gasteiger partial charge in [0.15, 0.2) is 0 Å². The van der Waals surface area contributed by atoms with Crippen molar-refractivity contribution in [2.75, 3.05) is 13.1 Å². The molecule has 1 fully saturated rings. The largest absolute Gasteiger partial charge is 0.488 e. The van der Waals surface area contributed by atoms with E-state index in [0.717, 1.165) is 53.4 Å². The summed E-state index contributed by atoms with van der Waals surface area (Å²) in [4.78, 5) is 15.2. The third kappa shape index (κ3) is 4.98. The van der Waals surface area contributed by atoms with Gasteiger partial charge in [0.25, 0.3) is 0 Å². The fourth-order valence-corrected chi connectivity index (χ4v) is 5.04. The summed E-state index contributed by atoms with van der Waals surface area (Å²) in [6.07, 6.45) is 9.57. The number of nitrogens with zero attached hydrogens (tertiary/aromatic N) is 3. The molecule has 0 radical (unpaired) electrons. The zero-order chi connectivity index (χ0) is 22.6. The Bertz CT molecular complexity index is 1080. The number of amides is 1. The van der Waals surface area contributed by atoms with E-state index in [-0.39, 0.29) is 12.5 Å². The van der Waals surface area contributed by atoms with E-state index < -0.39 is 0 Å². The molecule has 1 amide bonds. The number of fused-ring (bicyclic) bond motifs is 3. The minimum atomic E-state index is -0.0138. The minimum Gasteiger partial charge on any atom is -0.488 e. The summed E-state index contributed by atoms with van der Waals surface area (Å²) >= 11 is 0. The number of rotatable bonds is 9. The molecule has 1 aliphatic carbocycles. The topological polar surface area (TPSA) is 72.5 Å². The van der Waals surface area contributed by atoms with Gasteiger partial charge in [0.05, 0.1) is 24.7 Å². The summed E-state index contributed by atoms with van der Waals surface area (Å²) in [6.45, 7) is 5.20. The number of aryl methyl sites for hydroxylation is 1. The number of furan rings is 1. The lowest BCUT2D eigenvalue weighted by Gasteiger charge is -2.28. The van der Waals surface area contributed by atoms with Gasteiger partial charge in [-0.2, -0.15) is 5.10 Å². The first-order valence-corrected chi connectivity index (χ1v) is 12.0. The molecule has 33 heavy (non-hydrogen) atoms. The maximum Gasteiger partial charge on any atom is 0.241 e. The van der Waals surface area contributed by atoms with Crippen LogP contribution in [-0.4, -0.2) is 39.7 Å². The third-order valence-electron chi connectivity index (χ3n) is 6.71. The average molecular weight is 449 g/mol. The molecule has 7 heteroatoms. The molecule has 3 aromatic rings. The number of hydrogen-bond donors (Lipinski definition) is 1. The zero-order valence-corrected chi connectivity index (χ0v) is 19.3. The Morgan fingerprint density at radius 3 is 2.97 bits per heavy atom. The van der Waals surface area contributed by atoms with Crippen molar-refractivity contribution in [3.05, 3.63) is 59.7 Å². The van der Waals surface area contributed by atoms with Gasteiger partial charge in [0, 0.05) is 30.3 Å². The summed E-state index contributed by atoms with van der Waals surface area (Å²) in [5.41, 5.74) is 4.17. The van der Waals surface area contributed by atoms with Crippen LogP contribution in [0, 0.1) is 6.92 Å². The third-order valence-corrected chi connectivity index (χ3v) is 6.71. The Labute approximate surface area is 194 Å². The first-order chi connectivity index (χ1) is 16.2. The van der Waals surface area contributed by atoms with Crippen LogP contribution in [-0.2, 0) is 24.5 Å². The van der Waals surface area contributed by atoms with Crippen LogP contribution in [0.25, 0.3) is 11.3 Å². The average Bonchev–Trinajstić information content (AvgIpc) is 3.58. The van der Waals surface area contributed by atoms with Gasteiger partial charge in [-0.15, -0.1) is 0 Å². The van der Waals surface area contributed by atoms with Crippen LogP contribution < -0.4 is 10.1 Å². The monoisotopic (exact) mass is 448 g/mol. The van der Waals surface area contributed by atoms with Crippen LogP contribution in [0.1, 0.15) is 49.0 Å². The second-order valence-electron chi connectivity index (χ2n) is 9.16. The highest BCUT2D eigenvalue weighted by Gasteiger charge is 2.24. The molecule has 5 rings (SSSR count). The molecule has 174 valence electrons. The molecule has 1 aromatic carbocycles. The molecule has 2 aromatic heterocycles. The Balaban J connectivity index is 1.15. The highest BCUT2D eigenvalue weighted by atomic mass is 16.5. The SMILES string of the molecule is Cc1ccc2c(c1)-c1c(cnn1CC(=O)NCCCN(Cc1ccco1)C1CCCC1)CO2. The van der Waals surface area contributed by atoms with Crippen molar-refractivity contribution in [1.82, 2.24) is 20.0 Å². The number of aromatic nitrogens is 2. The smallest absolute Gasteiger partial charge is 0.241 e. The highest BCUT2D eigenvalue weighted by Crippen LogP contribution is 2.37. The normalized spacial score (nSPS) is 15.3. The maximum absolute atomic E-state index is 12.7. The van der Waals surface area contributed by atoms with Crippen molar-refractivity contribution in [3.8, 4) is 17.0 Å². The van der Waals surface area contributed by atoms with Gasteiger partial charge < -0.3 is 14.5 Å². The van der Waals surface area contributed by atoms with Gasteiger partial charge >= 0.3 is 0 Å². The molecule has 0 saturated heterocycles. The first kappa shape index (κ1) is 21.8. The Morgan fingerprint density at radius 1 is 1.27 bits per heavy atom. The van der Waals surface area contributed by atoms with Crippen molar-refractivity contribution in [2.45, 2.75) is 64.8 Å². The van der Waals surface area contributed by atoms with Crippen LogP contribution in [0.2, 0.25) is 0 Å². The number of ether oxygens (including phenoxy) is 1. The molecule has 1 N–H and O–H groups in total. The molecule has 0 atom stereocenters. The van der Waals surface area contributed by atoms with Crippen molar-refractivity contribution in [1.29, 1.82) is 0 Å².